The smallest absolute Gasteiger partial charge is 0.248 e. The highest BCUT2D eigenvalue weighted by atomic mass is 32.1. The van der Waals surface area contributed by atoms with E-state index in [4.69, 9.17) is 14.2 Å². The third kappa shape index (κ3) is 6.26. The molecule has 0 saturated carbocycles. The van der Waals surface area contributed by atoms with Gasteiger partial charge in [0.15, 0.2) is 11.5 Å². The number of amides is 2. The summed E-state index contributed by atoms with van der Waals surface area (Å²) < 4.78 is 18.1. The third-order valence-corrected chi connectivity index (χ3v) is 7.94. The van der Waals surface area contributed by atoms with E-state index in [1.807, 2.05) is 60.0 Å². The van der Waals surface area contributed by atoms with E-state index in [2.05, 4.69) is 15.6 Å². The van der Waals surface area contributed by atoms with Crippen molar-refractivity contribution < 1.29 is 23.8 Å². The first kappa shape index (κ1) is 27.6. The fourth-order valence-corrected chi connectivity index (χ4v) is 5.76. The van der Waals surface area contributed by atoms with E-state index >= 15 is 0 Å². The Hall–Kier alpha value is -3.96. The molecule has 2 aromatic heterocycles. The number of methoxy groups -OCH3 is 2. The van der Waals surface area contributed by atoms with Gasteiger partial charge in [0.1, 0.15) is 18.1 Å². The lowest BCUT2D eigenvalue weighted by Crippen LogP contribution is -2.46. The molecule has 2 unspecified atom stereocenters. The van der Waals surface area contributed by atoms with Crippen molar-refractivity contribution in [3.05, 3.63) is 70.4 Å². The van der Waals surface area contributed by atoms with Crippen molar-refractivity contribution in [3.63, 3.8) is 0 Å². The number of hydrogen-bond acceptors (Lipinski definition) is 8. The summed E-state index contributed by atoms with van der Waals surface area (Å²) in [4.78, 5) is 30.2. The molecule has 1 aliphatic heterocycles. The number of hydrogen-bond donors (Lipinski definition) is 1. The van der Waals surface area contributed by atoms with Crippen molar-refractivity contribution in [2.24, 2.45) is 0 Å². The number of rotatable bonds is 12. The van der Waals surface area contributed by atoms with Crippen LogP contribution in [0.15, 0.2) is 60.0 Å². The molecular formula is C29H33N5O5S. The van der Waals surface area contributed by atoms with E-state index in [9.17, 15) is 9.59 Å². The van der Waals surface area contributed by atoms with Crippen LogP contribution < -0.4 is 14.8 Å². The predicted octanol–water partition coefficient (Wildman–Crippen LogP) is 3.62. The number of benzene rings is 2. The molecule has 0 bridgehead atoms. The number of aromatic nitrogens is 3. The van der Waals surface area contributed by atoms with Crippen molar-refractivity contribution in [3.8, 4) is 11.5 Å². The third-order valence-electron chi connectivity index (χ3n) is 7.02. The van der Waals surface area contributed by atoms with E-state index in [0.29, 0.717) is 43.1 Å². The summed E-state index contributed by atoms with van der Waals surface area (Å²) in [6, 6.07) is 16.1. The van der Waals surface area contributed by atoms with Crippen LogP contribution in [-0.4, -0.2) is 71.7 Å². The molecule has 0 spiro atoms. The second-order valence-corrected chi connectivity index (χ2v) is 10.5. The molecule has 2 aromatic carbocycles. The van der Waals surface area contributed by atoms with Crippen molar-refractivity contribution in [2.45, 2.75) is 38.0 Å². The fraction of sp³-hybridized carbons (Fsp3) is 0.379. The first-order valence-corrected chi connectivity index (χ1v) is 14.2. The van der Waals surface area contributed by atoms with Gasteiger partial charge in [0.2, 0.25) is 11.8 Å². The van der Waals surface area contributed by atoms with Gasteiger partial charge in [-0.05, 0) is 60.5 Å². The summed E-state index contributed by atoms with van der Waals surface area (Å²) in [5, 5.41) is 13.4. The van der Waals surface area contributed by atoms with Gasteiger partial charge in [0.05, 0.1) is 25.8 Å². The van der Waals surface area contributed by atoms with Crippen LogP contribution in [0.5, 0.6) is 11.5 Å². The monoisotopic (exact) mass is 563 g/mol. The second-order valence-electron chi connectivity index (χ2n) is 9.56. The van der Waals surface area contributed by atoms with Gasteiger partial charge in [-0.25, -0.2) is 4.68 Å². The number of fused-ring (bicyclic) bond motifs is 1. The molecule has 1 aliphatic rings. The normalized spacial score (nSPS) is 15.6. The van der Waals surface area contributed by atoms with Gasteiger partial charge in [-0.15, -0.1) is 16.4 Å². The number of nitrogens with zero attached hydrogens (tertiary/aromatic N) is 4. The van der Waals surface area contributed by atoms with Gasteiger partial charge in [0, 0.05) is 24.6 Å². The molecule has 0 aliphatic carbocycles. The molecule has 11 heteroatoms. The summed E-state index contributed by atoms with van der Waals surface area (Å²) in [5.41, 5.74) is 2.41. The van der Waals surface area contributed by atoms with Gasteiger partial charge < -0.3 is 24.4 Å². The Labute approximate surface area is 236 Å². The topological polar surface area (TPSA) is 108 Å². The highest BCUT2D eigenvalue weighted by Crippen LogP contribution is 2.30. The standard InChI is InChI=1S/C29H33N5O5S/c1-37-24-12-11-20(17-25(24)38-2)13-14-33(27(35)19-34-23-9-4-3-8-22(23)31-32-34)28(26-10-6-16-40-26)29(36)30-18-21-7-5-15-39-21/h3-4,6,8-12,16-17,21,28H,5,7,13-15,18-19H2,1-2H3,(H,30,36). The Morgan fingerprint density at radius 3 is 2.75 bits per heavy atom. The quantitative estimate of drug-likeness (QED) is 0.281. The summed E-state index contributed by atoms with van der Waals surface area (Å²) in [6.45, 7) is 1.37. The molecule has 3 heterocycles. The van der Waals surface area contributed by atoms with Crippen LogP contribution in [0, 0.1) is 0 Å². The molecule has 1 N–H and O–H groups in total. The van der Waals surface area contributed by atoms with E-state index < -0.39 is 6.04 Å². The summed E-state index contributed by atoms with van der Waals surface area (Å²) in [6.07, 6.45) is 2.39. The minimum Gasteiger partial charge on any atom is -0.493 e. The Balaban J connectivity index is 1.43. The molecular weight excluding hydrogens is 530 g/mol. The number of thiophene rings is 1. The van der Waals surface area contributed by atoms with Crippen LogP contribution in [0.25, 0.3) is 11.0 Å². The minimum absolute atomic E-state index is 0.00892. The number of nitrogens with one attached hydrogen (secondary N) is 1. The molecule has 1 saturated heterocycles. The highest BCUT2D eigenvalue weighted by molar-refractivity contribution is 7.10. The first-order valence-electron chi connectivity index (χ1n) is 13.3. The molecule has 0 radical (unpaired) electrons. The zero-order valence-electron chi connectivity index (χ0n) is 22.6. The average Bonchev–Trinajstić information content (AvgIpc) is 3.77. The maximum atomic E-state index is 14.0. The Morgan fingerprint density at radius 2 is 2.00 bits per heavy atom. The highest BCUT2D eigenvalue weighted by Gasteiger charge is 2.33. The molecule has 2 atom stereocenters. The van der Waals surface area contributed by atoms with Gasteiger partial charge in [-0.1, -0.05) is 29.5 Å². The SMILES string of the molecule is COc1ccc(CCN(C(=O)Cn2nnc3ccccc32)C(C(=O)NCC2CCCO2)c2cccs2)cc1OC. The van der Waals surface area contributed by atoms with Crippen LogP contribution in [-0.2, 0) is 27.3 Å². The van der Waals surface area contributed by atoms with E-state index in [1.165, 1.54) is 11.3 Å². The number of carbonyl (C=O) groups is 2. The van der Waals surface area contributed by atoms with Gasteiger partial charge in [-0.2, -0.15) is 0 Å². The largest absolute Gasteiger partial charge is 0.493 e. The minimum atomic E-state index is -0.802. The fourth-order valence-electron chi connectivity index (χ4n) is 4.92. The van der Waals surface area contributed by atoms with Crippen LogP contribution in [0.3, 0.4) is 0 Å². The van der Waals surface area contributed by atoms with Crippen molar-refractivity contribution in [2.75, 3.05) is 33.9 Å². The van der Waals surface area contributed by atoms with Crippen molar-refractivity contribution in [1.82, 2.24) is 25.2 Å². The van der Waals surface area contributed by atoms with E-state index in [1.54, 1.807) is 23.8 Å². The zero-order chi connectivity index (χ0) is 27.9. The maximum Gasteiger partial charge on any atom is 0.248 e. The number of carbonyl (C=O) groups excluding carboxylic acids is 2. The lowest BCUT2D eigenvalue weighted by atomic mass is 10.1. The Bertz CT molecular complexity index is 1430. The first-order chi connectivity index (χ1) is 19.6. The average molecular weight is 564 g/mol. The number of ether oxygens (including phenoxy) is 3. The van der Waals surface area contributed by atoms with Gasteiger partial charge >= 0.3 is 0 Å². The molecule has 1 fully saturated rings. The van der Waals surface area contributed by atoms with E-state index in [-0.39, 0.29) is 24.5 Å². The molecule has 2 amide bonds. The van der Waals surface area contributed by atoms with Gasteiger partial charge in [0.25, 0.3) is 0 Å². The molecule has 10 nitrogen and oxygen atoms in total. The Morgan fingerprint density at radius 1 is 1.15 bits per heavy atom. The van der Waals surface area contributed by atoms with Crippen LogP contribution in [0.1, 0.15) is 29.3 Å². The zero-order valence-corrected chi connectivity index (χ0v) is 23.4. The lowest BCUT2D eigenvalue weighted by molar-refractivity contribution is -0.141. The number of para-hydroxylation sites is 1. The molecule has 40 heavy (non-hydrogen) atoms. The van der Waals surface area contributed by atoms with E-state index in [0.717, 1.165) is 28.8 Å². The molecule has 5 rings (SSSR count). The van der Waals surface area contributed by atoms with Crippen LogP contribution >= 0.6 is 11.3 Å². The Kier molecular flexibility index (Phi) is 8.92. The van der Waals surface area contributed by atoms with Crippen LogP contribution in [0.2, 0.25) is 0 Å². The van der Waals surface area contributed by atoms with Gasteiger partial charge in [-0.3, -0.25) is 9.59 Å². The van der Waals surface area contributed by atoms with Crippen molar-refractivity contribution >= 4 is 34.2 Å². The molecule has 4 aromatic rings. The maximum absolute atomic E-state index is 14.0. The van der Waals surface area contributed by atoms with Crippen LogP contribution in [0.4, 0.5) is 0 Å². The molecule has 210 valence electrons. The predicted molar refractivity (Wildman–Crippen MR) is 152 cm³/mol. The summed E-state index contributed by atoms with van der Waals surface area (Å²) in [7, 11) is 3.18. The van der Waals surface area contributed by atoms with Crippen molar-refractivity contribution in [1.29, 1.82) is 0 Å². The summed E-state index contributed by atoms with van der Waals surface area (Å²) in [5.74, 6) is 0.766. The summed E-state index contributed by atoms with van der Waals surface area (Å²) >= 11 is 1.45. The second kappa shape index (κ2) is 12.9. The lowest BCUT2D eigenvalue weighted by Gasteiger charge is -2.31.